The Kier molecular flexibility index (Phi) is 61.0. The Bertz CT molecular complexity index is 1180. The monoisotopic (exact) mass is 1030 g/mol. The van der Waals surface area contributed by atoms with Crippen LogP contribution in [0.25, 0.3) is 0 Å². The number of esters is 1. The van der Waals surface area contributed by atoms with Crippen LogP contribution in [0.5, 0.6) is 0 Å². The molecule has 0 heterocycles. The maximum atomic E-state index is 12.5. The third kappa shape index (κ3) is 59.2. The Morgan fingerprint density at radius 2 is 0.685 bits per heavy atom. The number of unbranched alkanes of at least 4 members (excludes halogenated alkanes) is 46. The van der Waals surface area contributed by atoms with Gasteiger partial charge in [0.25, 0.3) is 0 Å². The summed E-state index contributed by atoms with van der Waals surface area (Å²) in [5, 5.41) is 23.2. The van der Waals surface area contributed by atoms with Crippen molar-refractivity contribution >= 4 is 11.9 Å². The first kappa shape index (κ1) is 71.1. The molecule has 0 radical (unpaired) electrons. The van der Waals surface area contributed by atoms with E-state index in [4.69, 9.17) is 4.74 Å². The van der Waals surface area contributed by atoms with Gasteiger partial charge in [-0.15, -0.1) is 0 Å². The quantitative estimate of drug-likeness (QED) is 0.0320. The molecule has 0 fully saturated rings. The van der Waals surface area contributed by atoms with Gasteiger partial charge in [-0.3, -0.25) is 9.59 Å². The van der Waals surface area contributed by atoms with Crippen LogP contribution in [-0.2, 0) is 14.3 Å². The summed E-state index contributed by atoms with van der Waals surface area (Å²) in [6.45, 7) is 4.90. The number of nitrogens with one attached hydrogen (secondary N) is 1. The number of allylic oxidation sites excluding steroid dienone is 5. The highest BCUT2D eigenvalue weighted by molar-refractivity contribution is 5.76. The SMILES string of the molecule is CCCCCC/C=C\C/C=C\CCCCCCCCCC(=O)OCCCCCCCCCCCCCCCCCCCCCCCCC(=O)NC(CO)C(O)/C=C/CCCCCCCCCCCCCCCC. The standard InChI is InChI=1S/C67H127NO5/c1-3-5-7-9-11-13-15-17-19-21-29-33-37-41-45-49-53-57-61-67(72)73-62-58-54-50-46-42-38-34-30-27-25-23-22-24-26-28-32-36-40-44-48-52-56-60-66(71)68-64(63-69)65(70)59-55-51-47-43-39-35-31-20-18-16-14-12-10-8-6-4-2/h13,15,19,21,55,59,64-65,69-70H,3-12,14,16-18,20,22-54,56-58,60-63H2,1-2H3,(H,68,71)/b15-13-,21-19-,59-55+. The van der Waals surface area contributed by atoms with Crippen molar-refractivity contribution in [3.8, 4) is 0 Å². The van der Waals surface area contributed by atoms with Gasteiger partial charge < -0.3 is 20.3 Å². The van der Waals surface area contributed by atoms with Crippen molar-refractivity contribution in [2.24, 2.45) is 0 Å². The van der Waals surface area contributed by atoms with Crippen LogP contribution < -0.4 is 5.32 Å². The molecule has 0 aromatic carbocycles. The topological polar surface area (TPSA) is 95.9 Å². The second-order valence-corrected chi connectivity index (χ2v) is 22.5. The van der Waals surface area contributed by atoms with Crippen LogP contribution in [0.3, 0.4) is 0 Å². The molecule has 0 aromatic rings. The molecule has 1 amide bonds. The lowest BCUT2D eigenvalue weighted by atomic mass is 10.0. The van der Waals surface area contributed by atoms with Gasteiger partial charge in [0.1, 0.15) is 0 Å². The molecule has 3 N–H and O–H groups in total. The van der Waals surface area contributed by atoms with Crippen LogP contribution in [0, 0.1) is 0 Å². The van der Waals surface area contributed by atoms with Crippen LogP contribution in [0.4, 0.5) is 0 Å². The molecule has 430 valence electrons. The van der Waals surface area contributed by atoms with Gasteiger partial charge in [-0.2, -0.15) is 0 Å². The fourth-order valence-electron chi connectivity index (χ4n) is 10.1. The van der Waals surface area contributed by atoms with Gasteiger partial charge in [0.2, 0.25) is 5.91 Å². The lowest BCUT2D eigenvalue weighted by Gasteiger charge is -2.20. The largest absolute Gasteiger partial charge is 0.466 e. The van der Waals surface area contributed by atoms with Gasteiger partial charge in [0, 0.05) is 12.8 Å². The summed E-state index contributed by atoms with van der Waals surface area (Å²) in [4.78, 5) is 24.6. The molecule has 0 saturated carbocycles. The predicted octanol–water partition coefficient (Wildman–Crippen LogP) is 20.8. The van der Waals surface area contributed by atoms with E-state index in [-0.39, 0.29) is 18.5 Å². The molecular weight excluding hydrogens is 899 g/mol. The lowest BCUT2D eigenvalue weighted by molar-refractivity contribution is -0.143. The summed E-state index contributed by atoms with van der Waals surface area (Å²) >= 11 is 0. The molecule has 0 rings (SSSR count). The number of hydrogen-bond donors (Lipinski definition) is 3. The molecule has 73 heavy (non-hydrogen) atoms. The molecular formula is C67H127NO5. The van der Waals surface area contributed by atoms with E-state index in [1.165, 1.54) is 276 Å². The molecule has 0 spiro atoms. The summed E-state index contributed by atoms with van der Waals surface area (Å²) < 4.78 is 5.50. The highest BCUT2D eigenvalue weighted by Crippen LogP contribution is 2.18. The Hall–Kier alpha value is -1.92. The molecule has 0 bridgehead atoms. The van der Waals surface area contributed by atoms with E-state index in [1.807, 2.05) is 6.08 Å². The maximum Gasteiger partial charge on any atom is 0.305 e. The molecule has 0 saturated heterocycles. The number of aliphatic hydroxyl groups is 2. The van der Waals surface area contributed by atoms with E-state index >= 15 is 0 Å². The summed E-state index contributed by atoms with van der Waals surface area (Å²) in [5.41, 5.74) is 0. The third-order valence-corrected chi connectivity index (χ3v) is 15.2. The van der Waals surface area contributed by atoms with Crippen molar-refractivity contribution in [2.45, 2.75) is 366 Å². The smallest absolute Gasteiger partial charge is 0.305 e. The Morgan fingerprint density at radius 3 is 1.05 bits per heavy atom. The second-order valence-electron chi connectivity index (χ2n) is 22.5. The van der Waals surface area contributed by atoms with Crippen LogP contribution in [-0.4, -0.2) is 47.4 Å². The fourth-order valence-corrected chi connectivity index (χ4v) is 10.1. The highest BCUT2D eigenvalue weighted by atomic mass is 16.5. The van der Waals surface area contributed by atoms with E-state index in [0.29, 0.717) is 19.4 Å². The summed E-state index contributed by atoms with van der Waals surface area (Å²) in [5.74, 6) is -0.0607. The third-order valence-electron chi connectivity index (χ3n) is 15.2. The summed E-state index contributed by atoms with van der Waals surface area (Å²) in [6.07, 6.45) is 79.1. The molecule has 6 heteroatoms. The van der Waals surface area contributed by atoms with Crippen molar-refractivity contribution in [1.29, 1.82) is 0 Å². The highest BCUT2D eigenvalue weighted by Gasteiger charge is 2.18. The minimum absolute atomic E-state index is 0.00563. The molecule has 0 aliphatic rings. The number of carbonyl (C=O) groups is 2. The van der Waals surface area contributed by atoms with Crippen LogP contribution >= 0.6 is 0 Å². The van der Waals surface area contributed by atoms with E-state index < -0.39 is 12.1 Å². The summed E-state index contributed by atoms with van der Waals surface area (Å²) in [6, 6.07) is -0.628. The van der Waals surface area contributed by atoms with Crippen molar-refractivity contribution in [3.63, 3.8) is 0 Å². The van der Waals surface area contributed by atoms with Crippen LogP contribution in [0.1, 0.15) is 354 Å². The van der Waals surface area contributed by atoms with Gasteiger partial charge in [0.05, 0.1) is 25.4 Å². The zero-order valence-electron chi connectivity index (χ0n) is 49.1. The lowest BCUT2D eigenvalue weighted by Crippen LogP contribution is -2.45. The van der Waals surface area contributed by atoms with Crippen LogP contribution in [0.2, 0.25) is 0 Å². The van der Waals surface area contributed by atoms with Gasteiger partial charge in [0.15, 0.2) is 0 Å². The zero-order valence-corrected chi connectivity index (χ0v) is 49.1. The van der Waals surface area contributed by atoms with E-state index in [0.717, 1.165) is 51.4 Å². The minimum Gasteiger partial charge on any atom is -0.466 e. The van der Waals surface area contributed by atoms with Crippen molar-refractivity contribution in [2.75, 3.05) is 13.2 Å². The predicted molar refractivity (Wildman–Crippen MR) is 319 cm³/mol. The van der Waals surface area contributed by atoms with E-state index in [9.17, 15) is 19.8 Å². The minimum atomic E-state index is -0.845. The van der Waals surface area contributed by atoms with E-state index in [2.05, 4.69) is 43.5 Å². The Balaban J connectivity index is 3.39. The number of hydrogen-bond acceptors (Lipinski definition) is 5. The Morgan fingerprint density at radius 1 is 0.384 bits per heavy atom. The van der Waals surface area contributed by atoms with Gasteiger partial charge >= 0.3 is 5.97 Å². The number of aliphatic hydroxyl groups excluding tert-OH is 2. The van der Waals surface area contributed by atoms with Crippen molar-refractivity contribution < 1.29 is 24.5 Å². The first-order valence-corrected chi connectivity index (χ1v) is 32.8. The average molecular weight is 1030 g/mol. The van der Waals surface area contributed by atoms with Gasteiger partial charge in [-0.05, 0) is 64.2 Å². The van der Waals surface area contributed by atoms with Crippen molar-refractivity contribution in [3.05, 3.63) is 36.5 Å². The van der Waals surface area contributed by atoms with Crippen molar-refractivity contribution in [1.82, 2.24) is 5.32 Å². The Labute approximate surface area is 455 Å². The van der Waals surface area contributed by atoms with Gasteiger partial charge in [-0.1, -0.05) is 314 Å². The number of carbonyl (C=O) groups excluding carboxylic acids is 2. The molecule has 2 unspecified atom stereocenters. The summed E-state index contributed by atoms with van der Waals surface area (Å²) in [7, 11) is 0. The molecule has 0 aliphatic carbocycles. The number of rotatable bonds is 61. The van der Waals surface area contributed by atoms with E-state index in [1.54, 1.807) is 6.08 Å². The number of amides is 1. The molecule has 0 aliphatic heterocycles. The molecule has 6 nitrogen and oxygen atoms in total. The average Bonchev–Trinajstić information content (AvgIpc) is 3.39. The van der Waals surface area contributed by atoms with Crippen LogP contribution in [0.15, 0.2) is 36.5 Å². The zero-order chi connectivity index (χ0) is 52.9. The molecule has 0 aromatic heterocycles. The second kappa shape index (κ2) is 62.6. The first-order valence-electron chi connectivity index (χ1n) is 32.8. The maximum absolute atomic E-state index is 12.5. The normalized spacial score (nSPS) is 12.8. The number of ether oxygens (including phenoxy) is 1. The van der Waals surface area contributed by atoms with Gasteiger partial charge in [-0.25, -0.2) is 0 Å². The molecule has 2 atom stereocenters. The first-order chi connectivity index (χ1) is 36.0. The fraction of sp³-hybridized carbons (Fsp3) is 0.881.